The minimum atomic E-state index is -3.80. The highest BCUT2D eigenvalue weighted by Gasteiger charge is 2.22. The van der Waals surface area contributed by atoms with Gasteiger partial charge in [-0.25, -0.2) is 8.42 Å². The van der Waals surface area contributed by atoms with E-state index in [1.165, 1.54) is 7.11 Å². The Hall–Kier alpha value is -0.260. The Kier molecular flexibility index (Phi) is 3.68. The van der Waals surface area contributed by atoms with Gasteiger partial charge in [0, 0.05) is 15.2 Å². The Bertz CT molecular complexity index is 497. The second-order valence-corrected chi connectivity index (χ2v) is 6.40. The highest BCUT2D eigenvalue weighted by Crippen LogP contribution is 2.36. The van der Waals surface area contributed by atoms with Gasteiger partial charge in [0.1, 0.15) is 10.6 Å². The molecule has 0 fully saturated rings. The van der Waals surface area contributed by atoms with Crippen LogP contribution in [0, 0.1) is 13.8 Å². The van der Waals surface area contributed by atoms with Gasteiger partial charge >= 0.3 is 0 Å². The van der Waals surface area contributed by atoms with Crippen LogP contribution in [0.1, 0.15) is 11.1 Å². The summed E-state index contributed by atoms with van der Waals surface area (Å²) in [6.45, 7) is 3.53. The molecule has 0 aliphatic carbocycles. The van der Waals surface area contributed by atoms with Crippen LogP contribution in [0.2, 0.25) is 0 Å². The van der Waals surface area contributed by atoms with Crippen molar-refractivity contribution in [2.24, 2.45) is 0 Å². The number of rotatable bonds is 2. The summed E-state index contributed by atoms with van der Waals surface area (Å²) >= 11 is 3.31. The third-order valence-corrected chi connectivity index (χ3v) is 4.73. The maximum absolute atomic E-state index is 11.4. The summed E-state index contributed by atoms with van der Waals surface area (Å²) < 4.78 is 28.5. The average Bonchev–Trinajstić information content (AvgIpc) is 2.11. The van der Waals surface area contributed by atoms with Gasteiger partial charge in [-0.3, -0.25) is 0 Å². The van der Waals surface area contributed by atoms with E-state index < -0.39 is 9.05 Å². The van der Waals surface area contributed by atoms with E-state index in [9.17, 15) is 8.42 Å². The number of hydrogen-bond donors (Lipinski definition) is 0. The topological polar surface area (TPSA) is 43.4 Å². The third-order valence-electron chi connectivity index (χ3n) is 2.05. The molecule has 0 heterocycles. The van der Waals surface area contributed by atoms with E-state index in [1.807, 2.05) is 6.92 Å². The molecule has 1 aromatic carbocycles. The molecule has 0 saturated heterocycles. The summed E-state index contributed by atoms with van der Waals surface area (Å²) in [5, 5.41) is 0. The van der Waals surface area contributed by atoms with Crippen molar-refractivity contribution < 1.29 is 13.2 Å². The number of halogens is 2. The predicted octanol–water partition coefficient (Wildman–Crippen LogP) is 3.00. The van der Waals surface area contributed by atoms with Crippen LogP contribution in [0.5, 0.6) is 5.75 Å². The van der Waals surface area contributed by atoms with E-state index in [-0.39, 0.29) is 10.6 Å². The highest BCUT2D eigenvalue weighted by atomic mass is 79.9. The molecule has 0 atom stereocenters. The molecule has 0 bridgehead atoms. The van der Waals surface area contributed by atoms with Gasteiger partial charge in [0.15, 0.2) is 0 Å². The molecule has 0 radical (unpaired) electrons. The zero-order valence-electron chi connectivity index (χ0n) is 8.47. The molecule has 0 aromatic heterocycles. The van der Waals surface area contributed by atoms with E-state index in [0.717, 1.165) is 10.0 Å². The number of hydrogen-bond acceptors (Lipinski definition) is 3. The molecule has 0 N–H and O–H groups in total. The summed E-state index contributed by atoms with van der Waals surface area (Å²) in [5.74, 6) is 0.267. The monoisotopic (exact) mass is 312 g/mol. The molecule has 0 aliphatic rings. The van der Waals surface area contributed by atoms with Crippen LogP contribution >= 0.6 is 26.6 Å². The van der Waals surface area contributed by atoms with E-state index in [1.54, 1.807) is 13.0 Å². The lowest BCUT2D eigenvalue weighted by molar-refractivity contribution is 0.402. The van der Waals surface area contributed by atoms with Crippen LogP contribution < -0.4 is 4.74 Å². The maximum atomic E-state index is 11.4. The lowest BCUT2D eigenvalue weighted by Gasteiger charge is -2.12. The number of aryl methyl sites for hydroxylation is 1. The largest absolute Gasteiger partial charge is 0.495 e. The zero-order chi connectivity index (χ0) is 11.8. The molecule has 0 saturated carbocycles. The summed E-state index contributed by atoms with van der Waals surface area (Å²) in [7, 11) is 2.96. The Morgan fingerprint density at radius 2 is 1.93 bits per heavy atom. The zero-order valence-corrected chi connectivity index (χ0v) is 11.6. The van der Waals surface area contributed by atoms with Gasteiger partial charge in [-0.2, -0.15) is 0 Å². The fourth-order valence-electron chi connectivity index (χ4n) is 1.36. The van der Waals surface area contributed by atoms with Crippen molar-refractivity contribution >= 4 is 35.7 Å². The molecule has 0 amide bonds. The van der Waals surface area contributed by atoms with Gasteiger partial charge in [0.05, 0.1) is 7.11 Å². The fraction of sp³-hybridized carbons (Fsp3) is 0.333. The minimum absolute atomic E-state index is 0.0177. The summed E-state index contributed by atoms with van der Waals surface area (Å²) in [6, 6.07) is 1.63. The molecule has 0 unspecified atom stereocenters. The lowest BCUT2D eigenvalue weighted by Crippen LogP contribution is -2.01. The van der Waals surface area contributed by atoms with Gasteiger partial charge in [0.25, 0.3) is 9.05 Å². The first-order chi connectivity index (χ1) is 6.79. The molecule has 84 valence electrons. The van der Waals surface area contributed by atoms with E-state index >= 15 is 0 Å². The van der Waals surface area contributed by atoms with Crippen molar-refractivity contribution in [3.05, 3.63) is 21.7 Å². The van der Waals surface area contributed by atoms with Crippen LogP contribution in [-0.4, -0.2) is 15.5 Å². The van der Waals surface area contributed by atoms with Gasteiger partial charge in [0.2, 0.25) is 0 Å². The van der Waals surface area contributed by atoms with Crippen LogP contribution in [0.15, 0.2) is 15.4 Å². The van der Waals surface area contributed by atoms with Crippen LogP contribution in [0.25, 0.3) is 0 Å². The highest BCUT2D eigenvalue weighted by molar-refractivity contribution is 9.10. The molecule has 3 nitrogen and oxygen atoms in total. The number of ether oxygens (including phenoxy) is 1. The standard InChI is InChI=1S/C9H10BrClO3S/c1-5-4-7(14-3)9(15(11,12)13)6(2)8(5)10/h4H,1-3H3. The second kappa shape index (κ2) is 4.31. The van der Waals surface area contributed by atoms with E-state index in [2.05, 4.69) is 15.9 Å². The molecular weight excluding hydrogens is 304 g/mol. The van der Waals surface area contributed by atoms with Gasteiger partial charge in [-0.15, -0.1) is 0 Å². The van der Waals surface area contributed by atoms with Crippen LogP contribution in [0.3, 0.4) is 0 Å². The van der Waals surface area contributed by atoms with Crippen molar-refractivity contribution in [3.8, 4) is 5.75 Å². The van der Waals surface area contributed by atoms with Gasteiger partial charge < -0.3 is 4.74 Å². The second-order valence-electron chi connectivity index (χ2n) is 3.10. The summed E-state index contributed by atoms with van der Waals surface area (Å²) in [4.78, 5) is 0.0177. The summed E-state index contributed by atoms with van der Waals surface area (Å²) in [6.07, 6.45) is 0. The SMILES string of the molecule is COc1cc(C)c(Br)c(C)c1S(=O)(=O)Cl. The molecule has 15 heavy (non-hydrogen) atoms. The molecule has 1 rings (SSSR count). The van der Waals surface area contributed by atoms with Gasteiger partial charge in [-0.1, -0.05) is 15.9 Å². The minimum Gasteiger partial charge on any atom is -0.495 e. The lowest BCUT2D eigenvalue weighted by atomic mass is 10.1. The number of benzene rings is 1. The average molecular weight is 314 g/mol. The first kappa shape index (κ1) is 12.8. The molecular formula is C9H10BrClO3S. The van der Waals surface area contributed by atoms with Crippen molar-refractivity contribution in [1.29, 1.82) is 0 Å². The molecule has 0 aliphatic heterocycles. The Morgan fingerprint density at radius 1 is 1.40 bits per heavy atom. The Labute approximate surface area is 102 Å². The van der Waals surface area contributed by atoms with Crippen molar-refractivity contribution in [2.45, 2.75) is 18.7 Å². The van der Waals surface area contributed by atoms with Crippen molar-refractivity contribution in [1.82, 2.24) is 0 Å². The summed E-state index contributed by atoms with van der Waals surface area (Å²) in [5.41, 5.74) is 1.45. The van der Waals surface area contributed by atoms with E-state index in [0.29, 0.717) is 5.56 Å². The predicted molar refractivity (Wildman–Crippen MR) is 63.2 cm³/mol. The molecule has 1 aromatic rings. The van der Waals surface area contributed by atoms with E-state index in [4.69, 9.17) is 15.4 Å². The molecule has 0 spiro atoms. The Balaban J connectivity index is 3.70. The Morgan fingerprint density at radius 3 is 2.33 bits per heavy atom. The smallest absolute Gasteiger partial charge is 0.265 e. The number of methoxy groups -OCH3 is 1. The maximum Gasteiger partial charge on any atom is 0.265 e. The first-order valence-electron chi connectivity index (χ1n) is 4.07. The van der Waals surface area contributed by atoms with Gasteiger partial charge in [-0.05, 0) is 31.0 Å². The molecule has 6 heteroatoms. The van der Waals surface area contributed by atoms with Crippen molar-refractivity contribution in [2.75, 3.05) is 7.11 Å². The van der Waals surface area contributed by atoms with Crippen molar-refractivity contribution in [3.63, 3.8) is 0 Å². The normalized spacial score (nSPS) is 11.5. The fourth-order valence-corrected chi connectivity index (χ4v) is 3.23. The van der Waals surface area contributed by atoms with Crippen LogP contribution in [0.4, 0.5) is 0 Å². The first-order valence-corrected chi connectivity index (χ1v) is 7.17. The van der Waals surface area contributed by atoms with Crippen LogP contribution in [-0.2, 0) is 9.05 Å². The third kappa shape index (κ3) is 2.46. The quantitative estimate of drug-likeness (QED) is 0.788.